The summed E-state index contributed by atoms with van der Waals surface area (Å²) < 4.78 is 39.6. The highest BCUT2D eigenvalue weighted by molar-refractivity contribution is 5.94. The van der Waals surface area contributed by atoms with Gasteiger partial charge >= 0.3 is 6.18 Å². The van der Waals surface area contributed by atoms with Crippen molar-refractivity contribution in [1.29, 1.82) is 0 Å². The normalized spacial score (nSPS) is 14.8. The summed E-state index contributed by atoms with van der Waals surface area (Å²) in [5.74, 6) is -0.262. The van der Waals surface area contributed by atoms with Crippen molar-refractivity contribution in [2.45, 2.75) is 12.7 Å². The maximum atomic E-state index is 12.7. The van der Waals surface area contributed by atoms with Gasteiger partial charge < -0.3 is 5.32 Å². The fourth-order valence-electron chi connectivity index (χ4n) is 2.13. The summed E-state index contributed by atoms with van der Waals surface area (Å²) in [6.45, 7) is 0.982. The first kappa shape index (κ1) is 12.7. The largest absolute Gasteiger partial charge is 0.416 e. The van der Waals surface area contributed by atoms with E-state index >= 15 is 0 Å². The Morgan fingerprint density at radius 2 is 2.05 bits per heavy atom. The lowest BCUT2D eigenvalue weighted by Gasteiger charge is -2.13. The Balaban J connectivity index is 2.04. The Kier molecular flexibility index (Phi) is 2.77. The molecule has 1 N–H and O–H groups in total. The summed E-state index contributed by atoms with van der Waals surface area (Å²) in [6, 6.07) is 6.42. The minimum Gasteiger partial charge on any atom is -0.349 e. The molecule has 0 fully saturated rings. The molecule has 2 aromatic rings. The number of halogens is 3. The summed E-state index contributed by atoms with van der Waals surface area (Å²) in [7, 11) is 0. The van der Waals surface area contributed by atoms with E-state index in [2.05, 4.69) is 10.4 Å². The van der Waals surface area contributed by atoms with Gasteiger partial charge in [-0.25, -0.2) is 0 Å². The first-order valence-electron chi connectivity index (χ1n) is 5.99. The van der Waals surface area contributed by atoms with Gasteiger partial charge in [-0.3, -0.25) is 9.48 Å². The van der Waals surface area contributed by atoms with Crippen LogP contribution in [0, 0.1) is 0 Å². The lowest BCUT2D eigenvalue weighted by Crippen LogP contribution is -2.35. The van der Waals surface area contributed by atoms with Crippen LogP contribution in [0.2, 0.25) is 0 Å². The quantitative estimate of drug-likeness (QED) is 0.872. The number of carbonyl (C=O) groups excluding carboxylic acids is 1. The van der Waals surface area contributed by atoms with Crippen LogP contribution in [0.5, 0.6) is 0 Å². The predicted molar refractivity (Wildman–Crippen MR) is 65.0 cm³/mol. The minimum atomic E-state index is -4.40. The molecule has 1 aliphatic heterocycles. The number of aromatic nitrogens is 2. The lowest BCUT2D eigenvalue weighted by molar-refractivity contribution is -0.137. The first-order valence-corrected chi connectivity index (χ1v) is 5.99. The van der Waals surface area contributed by atoms with Crippen LogP contribution in [0.1, 0.15) is 16.1 Å². The van der Waals surface area contributed by atoms with E-state index in [9.17, 15) is 18.0 Å². The molecule has 0 spiro atoms. The molecule has 4 nitrogen and oxygen atoms in total. The predicted octanol–water partition coefficient (Wildman–Crippen LogP) is 2.31. The molecule has 7 heteroatoms. The highest BCUT2D eigenvalue weighted by atomic mass is 19.4. The molecule has 3 rings (SSSR count). The zero-order valence-electron chi connectivity index (χ0n) is 10.2. The molecule has 0 saturated carbocycles. The molecule has 1 aromatic heterocycles. The molecular formula is C13H10F3N3O. The first-order chi connectivity index (χ1) is 9.45. The number of rotatable bonds is 1. The zero-order valence-corrected chi connectivity index (χ0v) is 10.2. The van der Waals surface area contributed by atoms with Crippen molar-refractivity contribution in [3.8, 4) is 11.3 Å². The molecule has 0 radical (unpaired) electrons. The van der Waals surface area contributed by atoms with Gasteiger partial charge in [0.1, 0.15) is 5.69 Å². The average molecular weight is 281 g/mol. The van der Waals surface area contributed by atoms with E-state index in [0.717, 1.165) is 12.1 Å². The van der Waals surface area contributed by atoms with Crippen molar-refractivity contribution >= 4 is 5.91 Å². The summed E-state index contributed by atoms with van der Waals surface area (Å²) in [4.78, 5) is 11.6. The molecule has 1 amide bonds. The highest BCUT2D eigenvalue weighted by Gasteiger charge is 2.30. The number of nitrogens with one attached hydrogen (secondary N) is 1. The maximum Gasteiger partial charge on any atom is 0.416 e. The summed E-state index contributed by atoms with van der Waals surface area (Å²) >= 11 is 0. The van der Waals surface area contributed by atoms with Crippen molar-refractivity contribution in [2.24, 2.45) is 0 Å². The summed E-state index contributed by atoms with van der Waals surface area (Å²) in [5, 5.41) is 6.84. The topological polar surface area (TPSA) is 46.9 Å². The fourth-order valence-corrected chi connectivity index (χ4v) is 2.13. The monoisotopic (exact) mass is 281 g/mol. The number of fused-ring (bicyclic) bond motifs is 1. The van der Waals surface area contributed by atoms with Gasteiger partial charge in [0.25, 0.3) is 5.91 Å². The van der Waals surface area contributed by atoms with Crippen LogP contribution in [0.3, 0.4) is 0 Å². The molecular weight excluding hydrogens is 271 g/mol. The second-order valence-corrected chi connectivity index (χ2v) is 4.47. The molecule has 0 unspecified atom stereocenters. The lowest BCUT2D eigenvalue weighted by atomic mass is 10.1. The zero-order chi connectivity index (χ0) is 14.3. The van der Waals surface area contributed by atoms with Crippen LogP contribution in [0.25, 0.3) is 11.3 Å². The Morgan fingerprint density at radius 1 is 1.25 bits per heavy atom. The Labute approximate surface area is 112 Å². The Morgan fingerprint density at radius 3 is 2.75 bits per heavy atom. The Hall–Kier alpha value is -2.31. The third kappa shape index (κ3) is 2.15. The average Bonchev–Trinajstić information content (AvgIpc) is 2.83. The van der Waals surface area contributed by atoms with Crippen molar-refractivity contribution < 1.29 is 18.0 Å². The van der Waals surface area contributed by atoms with E-state index in [1.54, 1.807) is 6.07 Å². The van der Waals surface area contributed by atoms with Gasteiger partial charge in [-0.1, -0.05) is 12.1 Å². The molecule has 1 aromatic carbocycles. The van der Waals surface area contributed by atoms with E-state index in [1.807, 2.05) is 0 Å². The SMILES string of the molecule is O=C1NCCn2nc(-c3cccc(C(F)(F)F)c3)cc21. The van der Waals surface area contributed by atoms with Crippen LogP contribution < -0.4 is 5.32 Å². The molecule has 2 heterocycles. The standard InChI is InChI=1S/C13H10F3N3O/c14-13(15,16)9-3-1-2-8(6-9)10-7-11-12(20)17-4-5-19(11)18-10/h1-3,6-7H,4-5H2,(H,17,20). The molecule has 0 bridgehead atoms. The molecule has 1 aliphatic rings. The van der Waals surface area contributed by atoms with E-state index < -0.39 is 11.7 Å². The van der Waals surface area contributed by atoms with Crippen molar-refractivity contribution in [1.82, 2.24) is 15.1 Å². The van der Waals surface area contributed by atoms with Crippen LogP contribution in [-0.4, -0.2) is 22.2 Å². The highest BCUT2D eigenvalue weighted by Crippen LogP contribution is 2.32. The number of hydrogen-bond acceptors (Lipinski definition) is 2. The van der Waals surface area contributed by atoms with Crippen molar-refractivity contribution in [2.75, 3.05) is 6.54 Å². The van der Waals surface area contributed by atoms with Gasteiger partial charge in [0.05, 0.1) is 17.8 Å². The second-order valence-electron chi connectivity index (χ2n) is 4.47. The molecule has 104 valence electrons. The van der Waals surface area contributed by atoms with Gasteiger partial charge in [-0.05, 0) is 18.2 Å². The number of alkyl halides is 3. The fraction of sp³-hybridized carbons (Fsp3) is 0.231. The van der Waals surface area contributed by atoms with Gasteiger partial charge in [0.2, 0.25) is 0 Å². The Bertz CT molecular complexity index is 676. The van der Waals surface area contributed by atoms with E-state index in [0.29, 0.717) is 30.0 Å². The van der Waals surface area contributed by atoms with Crippen LogP contribution in [0.15, 0.2) is 30.3 Å². The van der Waals surface area contributed by atoms with Gasteiger partial charge in [-0.2, -0.15) is 18.3 Å². The maximum absolute atomic E-state index is 12.7. The molecule has 0 saturated heterocycles. The van der Waals surface area contributed by atoms with Crippen LogP contribution in [0.4, 0.5) is 13.2 Å². The van der Waals surface area contributed by atoms with Gasteiger partial charge in [-0.15, -0.1) is 0 Å². The van der Waals surface area contributed by atoms with E-state index in [1.165, 1.54) is 16.8 Å². The van der Waals surface area contributed by atoms with Gasteiger partial charge in [0, 0.05) is 12.1 Å². The summed E-state index contributed by atoms with van der Waals surface area (Å²) in [6.07, 6.45) is -4.40. The molecule has 0 atom stereocenters. The minimum absolute atomic E-state index is 0.262. The molecule has 20 heavy (non-hydrogen) atoms. The second kappa shape index (κ2) is 4.36. The third-order valence-corrected chi connectivity index (χ3v) is 3.11. The van der Waals surface area contributed by atoms with Crippen molar-refractivity contribution in [3.05, 3.63) is 41.6 Å². The third-order valence-electron chi connectivity index (χ3n) is 3.11. The number of nitrogens with zero attached hydrogens (tertiary/aromatic N) is 2. The number of hydrogen-bond donors (Lipinski definition) is 1. The van der Waals surface area contributed by atoms with Crippen molar-refractivity contribution in [3.63, 3.8) is 0 Å². The van der Waals surface area contributed by atoms with E-state index in [4.69, 9.17) is 0 Å². The van der Waals surface area contributed by atoms with Gasteiger partial charge in [0.15, 0.2) is 0 Å². The van der Waals surface area contributed by atoms with E-state index in [-0.39, 0.29) is 5.91 Å². The summed E-state index contributed by atoms with van der Waals surface area (Å²) in [5.41, 5.74) is 0.340. The van der Waals surface area contributed by atoms with Crippen LogP contribution in [-0.2, 0) is 12.7 Å². The van der Waals surface area contributed by atoms with Crippen LogP contribution >= 0.6 is 0 Å². The number of carbonyl (C=O) groups is 1. The smallest absolute Gasteiger partial charge is 0.349 e. The number of amides is 1. The number of benzene rings is 1. The molecule has 0 aliphatic carbocycles.